The van der Waals surface area contributed by atoms with E-state index in [0.717, 1.165) is 24.9 Å². The van der Waals surface area contributed by atoms with Crippen molar-refractivity contribution in [1.29, 1.82) is 0 Å². The number of likely N-dealkylation sites (tertiary alicyclic amines) is 1. The van der Waals surface area contributed by atoms with Crippen molar-refractivity contribution in [3.05, 3.63) is 54.0 Å². The van der Waals surface area contributed by atoms with Crippen molar-refractivity contribution in [2.24, 2.45) is 0 Å². The molecule has 2 aromatic heterocycles. The summed E-state index contributed by atoms with van der Waals surface area (Å²) in [5.41, 5.74) is 1.70. The quantitative estimate of drug-likeness (QED) is 0.447. The molecule has 4 rings (SSSR count). The molecule has 3 aromatic rings. The van der Waals surface area contributed by atoms with E-state index in [1.54, 1.807) is 31.5 Å². The molecule has 1 saturated heterocycles. The standard InChI is InChI=1S/C22H26N4O5S/c1-29-13-14-30-21-18(5-3-11-23-21)20-24-22(31-25-20)19-6-4-12-26(19)15-16-7-9-17(10-8-16)32(2,27)28/h3,5,7-11,19H,4,6,12-15H2,1-2H3. The van der Waals surface area contributed by atoms with Crippen molar-refractivity contribution in [2.45, 2.75) is 30.3 Å². The molecular weight excluding hydrogens is 432 g/mol. The van der Waals surface area contributed by atoms with Crippen LogP contribution >= 0.6 is 0 Å². The molecule has 0 spiro atoms. The van der Waals surface area contributed by atoms with Gasteiger partial charge >= 0.3 is 0 Å². The number of aromatic nitrogens is 3. The van der Waals surface area contributed by atoms with Crippen LogP contribution in [-0.2, 0) is 21.1 Å². The Morgan fingerprint density at radius 3 is 2.75 bits per heavy atom. The van der Waals surface area contributed by atoms with Gasteiger partial charge in [0.1, 0.15) is 6.61 Å². The van der Waals surface area contributed by atoms with Crippen LogP contribution in [0.25, 0.3) is 11.4 Å². The molecule has 1 fully saturated rings. The summed E-state index contributed by atoms with van der Waals surface area (Å²) in [6.07, 6.45) is 4.79. The number of benzene rings is 1. The number of hydrogen-bond donors (Lipinski definition) is 0. The molecule has 32 heavy (non-hydrogen) atoms. The Kier molecular flexibility index (Phi) is 6.83. The summed E-state index contributed by atoms with van der Waals surface area (Å²) >= 11 is 0. The molecule has 170 valence electrons. The molecule has 0 N–H and O–H groups in total. The van der Waals surface area contributed by atoms with E-state index in [1.165, 1.54) is 6.26 Å². The van der Waals surface area contributed by atoms with Crippen molar-refractivity contribution in [1.82, 2.24) is 20.0 Å². The summed E-state index contributed by atoms with van der Waals surface area (Å²) in [7, 11) is -1.59. The largest absolute Gasteiger partial charge is 0.475 e. The highest BCUT2D eigenvalue weighted by Gasteiger charge is 2.31. The Bertz CT molecular complexity index is 1150. The number of ether oxygens (including phenoxy) is 2. The molecule has 3 heterocycles. The second kappa shape index (κ2) is 9.76. The Balaban J connectivity index is 1.49. The van der Waals surface area contributed by atoms with Gasteiger partial charge in [-0.25, -0.2) is 13.4 Å². The van der Waals surface area contributed by atoms with Crippen molar-refractivity contribution in [3.63, 3.8) is 0 Å². The molecule has 0 amide bonds. The van der Waals surface area contributed by atoms with Crippen LogP contribution in [0.15, 0.2) is 52.0 Å². The molecule has 1 aromatic carbocycles. The maximum absolute atomic E-state index is 11.7. The number of hydrogen-bond acceptors (Lipinski definition) is 9. The Hall–Kier alpha value is -2.82. The third-order valence-electron chi connectivity index (χ3n) is 5.37. The zero-order chi connectivity index (χ0) is 22.6. The molecule has 1 atom stereocenters. The van der Waals surface area contributed by atoms with Crippen LogP contribution in [0.1, 0.15) is 30.3 Å². The monoisotopic (exact) mass is 458 g/mol. The van der Waals surface area contributed by atoms with Gasteiger partial charge in [0.15, 0.2) is 9.84 Å². The van der Waals surface area contributed by atoms with Crippen LogP contribution in [0.2, 0.25) is 0 Å². The minimum atomic E-state index is -3.20. The van der Waals surface area contributed by atoms with Gasteiger partial charge in [0.05, 0.1) is 23.1 Å². The van der Waals surface area contributed by atoms with Crippen LogP contribution in [0.3, 0.4) is 0 Å². The van der Waals surface area contributed by atoms with E-state index in [4.69, 9.17) is 14.0 Å². The first-order valence-electron chi connectivity index (χ1n) is 10.4. The van der Waals surface area contributed by atoms with E-state index >= 15 is 0 Å². The van der Waals surface area contributed by atoms with Gasteiger partial charge in [0.2, 0.25) is 17.6 Å². The number of nitrogens with zero attached hydrogens (tertiary/aromatic N) is 4. The first kappa shape index (κ1) is 22.4. The normalized spacial score (nSPS) is 17.0. The van der Waals surface area contributed by atoms with Gasteiger partial charge in [-0.1, -0.05) is 17.3 Å². The Labute approximate surface area is 187 Å². The topological polar surface area (TPSA) is 108 Å². The van der Waals surface area contributed by atoms with E-state index in [1.807, 2.05) is 18.2 Å². The lowest BCUT2D eigenvalue weighted by Crippen LogP contribution is -2.23. The van der Waals surface area contributed by atoms with E-state index in [2.05, 4.69) is 20.0 Å². The average molecular weight is 459 g/mol. The molecule has 0 bridgehead atoms. The second-order valence-corrected chi connectivity index (χ2v) is 9.71. The number of methoxy groups -OCH3 is 1. The lowest BCUT2D eigenvalue weighted by atomic mass is 10.2. The van der Waals surface area contributed by atoms with Crippen LogP contribution < -0.4 is 4.74 Å². The van der Waals surface area contributed by atoms with Gasteiger partial charge in [0, 0.05) is 26.1 Å². The summed E-state index contributed by atoms with van der Waals surface area (Å²) in [6, 6.07) is 10.6. The third-order valence-corrected chi connectivity index (χ3v) is 6.49. The van der Waals surface area contributed by atoms with E-state index in [0.29, 0.717) is 47.8 Å². The van der Waals surface area contributed by atoms with Crippen molar-refractivity contribution >= 4 is 9.84 Å². The van der Waals surface area contributed by atoms with Gasteiger partial charge in [-0.3, -0.25) is 4.90 Å². The zero-order valence-corrected chi connectivity index (χ0v) is 18.9. The predicted molar refractivity (Wildman–Crippen MR) is 117 cm³/mol. The van der Waals surface area contributed by atoms with E-state index in [-0.39, 0.29) is 6.04 Å². The first-order valence-corrected chi connectivity index (χ1v) is 12.3. The summed E-state index contributed by atoms with van der Waals surface area (Å²) < 4.78 is 39.7. The van der Waals surface area contributed by atoms with Gasteiger partial charge < -0.3 is 14.0 Å². The lowest BCUT2D eigenvalue weighted by Gasteiger charge is -2.21. The molecule has 1 aliphatic heterocycles. The van der Waals surface area contributed by atoms with E-state index in [9.17, 15) is 8.42 Å². The summed E-state index contributed by atoms with van der Waals surface area (Å²) in [5, 5.41) is 4.17. The van der Waals surface area contributed by atoms with E-state index < -0.39 is 9.84 Å². The van der Waals surface area contributed by atoms with Crippen molar-refractivity contribution in [3.8, 4) is 17.3 Å². The zero-order valence-electron chi connectivity index (χ0n) is 18.1. The predicted octanol–water partition coefficient (Wildman–Crippen LogP) is 2.90. The minimum absolute atomic E-state index is 0.000338. The fourth-order valence-electron chi connectivity index (χ4n) is 3.75. The molecule has 0 aliphatic carbocycles. The summed E-state index contributed by atoms with van der Waals surface area (Å²) in [5.74, 6) is 1.42. The van der Waals surface area contributed by atoms with Crippen LogP contribution in [0.5, 0.6) is 5.88 Å². The Morgan fingerprint density at radius 2 is 2.00 bits per heavy atom. The van der Waals surface area contributed by atoms with Gasteiger partial charge in [-0.05, 0) is 49.2 Å². The van der Waals surface area contributed by atoms with Crippen LogP contribution in [0.4, 0.5) is 0 Å². The maximum atomic E-state index is 11.7. The smallest absolute Gasteiger partial charge is 0.244 e. The summed E-state index contributed by atoms with van der Waals surface area (Å²) in [6.45, 7) is 2.40. The highest BCUT2D eigenvalue weighted by Crippen LogP contribution is 2.34. The number of sulfone groups is 1. The fraction of sp³-hybridized carbons (Fsp3) is 0.409. The van der Waals surface area contributed by atoms with Crippen LogP contribution in [-0.4, -0.2) is 61.6 Å². The molecule has 1 unspecified atom stereocenters. The lowest BCUT2D eigenvalue weighted by molar-refractivity contribution is 0.144. The van der Waals surface area contributed by atoms with Gasteiger partial charge in [-0.15, -0.1) is 0 Å². The van der Waals surface area contributed by atoms with Crippen molar-refractivity contribution < 1.29 is 22.4 Å². The maximum Gasteiger partial charge on any atom is 0.244 e. The highest BCUT2D eigenvalue weighted by atomic mass is 32.2. The molecule has 1 aliphatic rings. The molecular formula is C22H26N4O5S. The highest BCUT2D eigenvalue weighted by molar-refractivity contribution is 7.90. The Morgan fingerprint density at radius 1 is 1.19 bits per heavy atom. The van der Waals surface area contributed by atoms with Gasteiger partial charge in [0.25, 0.3) is 0 Å². The number of rotatable bonds is 9. The minimum Gasteiger partial charge on any atom is -0.475 e. The number of pyridine rings is 1. The summed E-state index contributed by atoms with van der Waals surface area (Å²) in [4.78, 5) is 11.5. The fourth-order valence-corrected chi connectivity index (χ4v) is 4.38. The average Bonchev–Trinajstić information content (AvgIpc) is 3.43. The first-order chi connectivity index (χ1) is 15.5. The third kappa shape index (κ3) is 5.14. The molecule has 10 heteroatoms. The van der Waals surface area contributed by atoms with Gasteiger partial charge in [-0.2, -0.15) is 4.98 Å². The van der Waals surface area contributed by atoms with Crippen LogP contribution in [0, 0.1) is 0 Å². The molecule has 9 nitrogen and oxygen atoms in total. The second-order valence-electron chi connectivity index (χ2n) is 7.70. The SMILES string of the molecule is COCCOc1ncccc1-c1noc(C2CCCN2Cc2ccc(S(C)(=O)=O)cc2)n1. The molecule has 0 radical (unpaired) electrons. The van der Waals surface area contributed by atoms with Crippen molar-refractivity contribution in [2.75, 3.05) is 33.1 Å². The molecule has 0 saturated carbocycles.